The fourth-order valence-corrected chi connectivity index (χ4v) is 1.93. The summed E-state index contributed by atoms with van der Waals surface area (Å²) in [5.74, 6) is 0. The lowest BCUT2D eigenvalue weighted by molar-refractivity contribution is 0.195. The van der Waals surface area contributed by atoms with Gasteiger partial charge in [-0.05, 0) is 37.9 Å². The smallest absolute Gasteiger partial charge is 0.169 e. The van der Waals surface area contributed by atoms with Gasteiger partial charge in [0.05, 0.1) is 0 Å². The first-order valence-corrected chi connectivity index (χ1v) is 6.23. The van der Waals surface area contributed by atoms with Gasteiger partial charge in [0.1, 0.15) is 0 Å². The second kappa shape index (κ2) is 7.01. The van der Waals surface area contributed by atoms with Gasteiger partial charge in [-0.3, -0.25) is 0 Å². The lowest BCUT2D eigenvalue weighted by Crippen LogP contribution is -2.42. The molecule has 0 atom stereocenters. The predicted octanol–water partition coefficient (Wildman–Crippen LogP) is 1.77. The summed E-state index contributed by atoms with van der Waals surface area (Å²) in [5, 5.41) is 4.23. The van der Waals surface area contributed by atoms with Crippen molar-refractivity contribution in [1.29, 1.82) is 0 Å². The van der Waals surface area contributed by atoms with E-state index in [4.69, 9.17) is 17.0 Å². The normalized spacial score (nSPS) is 15.1. The molecule has 1 aliphatic rings. The molecular formula is C11H22N2OS. The molecule has 1 aliphatic carbocycles. The number of hydrogen-bond acceptors (Lipinski definition) is 2. The Morgan fingerprint density at radius 3 is 2.80 bits per heavy atom. The fraction of sp³-hybridized carbons (Fsp3) is 0.909. The van der Waals surface area contributed by atoms with E-state index in [0.717, 1.165) is 37.7 Å². The monoisotopic (exact) mass is 230 g/mol. The van der Waals surface area contributed by atoms with Crippen LogP contribution in [0.4, 0.5) is 0 Å². The third-order valence-electron chi connectivity index (χ3n) is 2.51. The summed E-state index contributed by atoms with van der Waals surface area (Å²) in [5.41, 5.74) is 0. The van der Waals surface area contributed by atoms with Crippen LogP contribution in [-0.2, 0) is 4.74 Å². The summed E-state index contributed by atoms with van der Waals surface area (Å²) in [6, 6.07) is 0.715. The Bertz CT molecular complexity index is 195. The average molecular weight is 230 g/mol. The van der Waals surface area contributed by atoms with Crippen molar-refractivity contribution >= 4 is 17.3 Å². The molecule has 0 saturated heterocycles. The minimum atomic E-state index is 0.715. The molecule has 1 rings (SSSR count). The zero-order chi connectivity index (χ0) is 11.1. The van der Waals surface area contributed by atoms with Gasteiger partial charge in [0.15, 0.2) is 5.11 Å². The van der Waals surface area contributed by atoms with Crippen LogP contribution in [0.25, 0.3) is 0 Å². The third kappa shape index (κ3) is 4.80. The van der Waals surface area contributed by atoms with Crippen molar-refractivity contribution in [3.63, 3.8) is 0 Å². The number of hydrogen-bond donors (Lipinski definition) is 1. The molecule has 1 N–H and O–H groups in total. The Kier molecular flexibility index (Phi) is 5.95. The molecule has 15 heavy (non-hydrogen) atoms. The van der Waals surface area contributed by atoms with Crippen molar-refractivity contribution in [2.75, 3.05) is 26.8 Å². The van der Waals surface area contributed by atoms with Gasteiger partial charge >= 0.3 is 0 Å². The van der Waals surface area contributed by atoms with Gasteiger partial charge < -0.3 is 15.0 Å². The first-order chi connectivity index (χ1) is 7.29. The minimum absolute atomic E-state index is 0.715. The molecule has 0 radical (unpaired) electrons. The van der Waals surface area contributed by atoms with Gasteiger partial charge in [0.2, 0.25) is 0 Å². The SMILES string of the molecule is CCCN(C(=S)NCCCOC)C1CC1. The van der Waals surface area contributed by atoms with E-state index in [1.807, 2.05) is 0 Å². The highest BCUT2D eigenvalue weighted by molar-refractivity contribution is 7.80. The number of ether oxygens (including phenoxy) is 1. The quantitative estimate of drug-likeness (QED) is 0.532. The molecule has 88 valence electrons. The first kappa shape index (κ1) is 12.7. The van der Waals surface area contributed by atoms with Gasteiger partial charge in [0, 0.05) is 32.8 Å². The molecule has 0 aliphatic heterocycles. The van der Waals surface area contributed by atoms with E-state index < -0.39 is 0 Å². The summed E-state index contributed by atoms with van der Waals surface area (Å²) in [4.78, 5) is 2.34. The number of methoxy groups -OCH3 is 1. The first-order valence-electron chi connectivity index (χ1n) is 5.83. The zero-order valence-corrected chi connectivity index (χ0v) is 10.6. The zero-order valence-electron chi connectivity index (χ0n) is 9.79. The van der Waals surface area contributed by atoms with E-state index in [1.54, 1.807) is 7.11 Å². The van der Waals surface area contributed by atoms with Crippen LogP contribution in [0.3, 0.4) is 0 Å². The average Bonchev–Trinajstić information content (AvgIpc) is 3.04. The third-order valence-corrected chi connectivity index (χ3v) is 2.89. The molecule has 4 heteroatoms. The van der Waals surface area contributed by atoms with Crippen molar-refractivity contribution in [1.82, 2.24) is 10.2 Å². The Morgan fingerprint density at radius 1 is 1.53 bits per heavy atom. The van der Waals surface area contributed by atoms with Gasteiger partial charge in [-0.2, -0.15) is 0 Å². The molecule has 3 nitrogen and oxygen atoms in total. The van der Waals surface area contributed by atoms with E-state index in [-0.39, 0.29) is 0 Å². The van der Waals surface area contributed by atoms with E-state index >= 15 is 0 Å². The summed E-state index contributed by atoms with van der Waals surface area (Å²) in [6.45, 7) is 5.00. The van der Waals surface area contributed by atoms with Crippen LogP contribution in [0.5, 0.6) is 0 Å². The molecule has 0 bridgehead atoms. The van der Waals surface area contributed by atoms with Crippen molar-refractivity contribution < 1.29 is 4.74 Å². The molecule has 1 fully saturated rings. The summed E-state index contributed by atoms with van der Waals surface area (Å²) in [7, 11) is 1.73. The van der Waals surface area contributed by atoms with E-state index in [2.05, 4.69) is 17.1 Å². The molecule has 0 heterocycles. The van der Waals surface area contributed by atoms with Crippen LogP contribution in [0.1, 0.15) is 32.6 Å². The van der Waals surface area contributed by atoms with Crippen molar-refractivity contribution in [2.24, 2.45) is 0 Å². The van der Waals surface area contributed by atoms with E-state index in [1.165, 1.54) is 12.8 Å². The molecule has 1 saturated carbocycles. The summed E-state index contributed by atoms with van der Waals surface area (Å²) >= 11 is 5.38. The lowest BCUT2D eigenvalue weighted by atomic mass is 10.4. The molecule has 0 spiro atoms. The second-order valence-corrected chi connectivity index (χ2v) is 4.39. The van der Waals surface area contributed by atoms with Crippen LogP contribution in [0.15, 0.2) is 0 Å². The number of nitrogens with zero attached hydrogens (tertiary/aromatic N) is 1. The number of thiocarbonyl (C=S) groups is 1. The maximum Gasteiger partial charge on any atom is 0.169 e. The Balaban J connectivity index is 2.17. The van der Waals surface area contributed by atoms with Crippen molar-refractivity contribution in [2.45, 2.75) is 38.6 Å². The molecule has 0 aromatic heterocycles. The summed E-state index contributed by atoms with van der Waals surface area (Å²) < 4.78 is 4.99. The molecular weight excluding hydrogens is 208 g/mol. The maximum atomic E-state index is 5.38. The van der Waals surface area contributed by atoms with Crippen LogP contribution in [0, 0.1) is 0 Å². The highest BCUT2D eigenvalue weighted by Gasteiger charge is 2.29. The molecule has 0 unspecified atom stereocenters. The van der Waals surface area contributed by atoms with Gasteiger partial charge in [0.25, 0.3) is 0 Å². The van der Waals surface area contributed by atoms with Crippen molar-refractivity contribution in [3.05, 3.63) is 0 Å². The highest BCUT2D eigenvalue weighted by Crippen LogP contribution is 2.26. The van der Waals surface area contributed by atoms with E-state index in [9.17, 15) is 0 Å². The molecule has 0 amide bonds. The van der Waals surface area contributed by atoms with Crippen LogP contribution in [-0.4, -0.2) is 42.9 Å². The van der Waals surface area contributed by atoms with Gasteiger partial charge in [-0.25, -0.2) is 0 Å². The van der Waals surface area contributed by atoms with Crippen molar-refractivity contribution in [3.8, 4) is 0 Å². The van der Waals surface area contributed by atoms with Crippen LogP contribution >= 0.6 is 12.2 Å². The van der Waals surface area contributed by atoms with Crippen LogP contribution < -0.4 is 5.32 Å². The number of rotatable bonds is 7. The highest BCUT2D eigenvalue weighted by atomic mass is 32.1. The minimum Gasteiger partial charge on any atom is -0.385 e. The largest absolute Gasteiger partial charge is 0.385 e. The van der Waals surface area contributed by atoms with Crippen LogP contribution in [0.2, 0.25) is 0 Å². The van der Waals surface area contributed by atoms with Gasteiger partial charge in [-0.15, -0.1) is 0 Å². The standard InChI is InChI=1S/C11H22N2OS/c1-3-8-13(10-5-6-10)11(15)12-7-4-9-14-2/h10H,3-9H2,1-2H3,(H,12,15). The second-order valence-electron chi connectivity index (χ2n) is 4.00. The predicted molar refractivity (Wildman–Crippen MR) is 67.1 cm³/mol. The maximum absolute atomic E-state index is 5.38. The lowest BCUT2D eigenvalue weighted by Gasteiger charge is -2.25. The Hall–Kier alpha value is -0.350. The molecule has 0 aromatic carbocycles. The Morgan fingerprint density at radius 2 is 2.27 bits per heavy atom. The summed E-state index contributed by atoms with van der Waals surface area (Å²) in [6.07, 6.45) is 4.79. The van der Waals surface area contributed by atoms with E-state index in [0.29, 0.717) is 6.04 Å². The fourth-order valence-electron chi connectivity index (χ4n) is 1.59. The topological polar surface area (TPSA) is 24.5 Å². The number of nitrogens with one attached hydrogen (secondary N) is 1. The molecule has 0 aromatic rings. The Labute approximate surface area is 98.2 Å². The van der Waals surface area contributed by atoms with Gasteiger partial charge in [-0.1, -0.05) is 6.92 Å².